The summed E-state index contributed by atoms with van der Waals surface area (Å²) in [4.78, 5) is 23.3. The van der Waals surface area contributed by atoms with Crippen LogP contribution in [0.15, 0.2) is 36.4 Å². The Labute approximate surface area is 174 Å². The van der Waals surface area contributed by atoms with E-state index in [1.807, 2.05) is 61.2 Å². The molecule has 4 rings (SSSR count). The third-order valence-electron chi connectivity index (χ3n) is 5.29. The molecular formula is C22H25FN4OS. The molecule has 1 aliphatic heterocycles. The van der Waals surface area contributed by atoms with Crippen molar-refractivity contribution in [2.75, 3.05) is 50.1 Å². The molecule has 2 aromatic carbocycles. The average Bonchev–Trinajstić information content (AvgIpc) is 3.13. The first kappa shape index (κ1) is 19.6. The zero-order valence-electron chi connectivity index (χ0n) is 17.0. The van der Waals surface area contributed by atoms with E-state index in [4.69, 9.17) is 0 Å². The summed E-state index contributed by atoms with van der Waals surface area (Å²) in [5.74, 6) is -0.121. The number of nitrogens with zero attached hydrogens (tertiary/aromatic N) is 4. The Morgan fingerprint density at radius 1 is 1.14 bits per heavy atom. The first-order valence-corrected chi connectivity index (χ1v) is 10.6. The number of carbonyl (C=O) groups excluding carboxylic acids is 1. The minimum absolute atomic E-state index is 0.147. The maximum absolute atomic E-state index is 14.1. The zero-order valence-corrected chi connectivity index (χ0v) is 17.8. The number of thiazole rings is 1. The molecule has 0 N–H and O–H groups in total. The van der Waals surface area contributed by atoms with Gasteiger partial charge in [-0.2, -0.15) is 0 Å². The fraction of sp³-hybridized carbons (Fsp3) is 0.364. The van der Waals surface area contributed by atoms with Gasteiger partial charge in [-0.05, 0) is 42.3 Å². The van der Waals surface area contributed by atoms with Gasteiger partial charge in [0.15, 0.2) is 10.9 Å². The second-order valence-electron chi connectivity index (χ2n) is 7.70. The summed E-state index contributed by atoms with van der Waals surface area (Å²) in [6.45, 7) is 4.63. The van der Waals surface area contributed by atoms with Crippen LogP contribution in [0.1, 0.15) is 11.1 Å². The third kappa shape index (κ3) is 4.19. The molecule has 0 unspecified atom stereocenters. The van der Waals surface area contributed by atoms with Crippen LogP contribution in [0.5, 0.6) is 0 Å². The van der Waals surface area contributed by atoms with E-state index in [0.717, 1.165) is 26.6 Å². The molecule has 0 bridgehead atoms. The van der Waals surface area contributed by atoms with Crippen LogP contribution < -0.4 is 9.80 Å². The fourth-order valence-electron chi connectivity index (χ4n) is 3.59. The lowest BCUT2D eigenvalue weighted by Crippen LogP contribution is -2.49. The Bertz CT molecular complexity index is 1020. The number of piperazine rings is 1. The van der Waals surface area contributed by atoms with Crippen molar-refractivity contribution in [3.8, 4) is 0 Å². The van der Waals surface area contributed by atoms with Crippen molar-refractivity contribution in [2.45, 2.75) is 13.3 Å². The molecule has 0 radical (unpaired) electrons. The normalized spacial score (nSPS) is 14.5. The second kappa shape index (κ2) is 7.99. The minimum atomic E-state index is -0.267. The molecule has 5 nitrogen and oxygen atoms in total. The van der Waals surface area contributed by atoms with E-state index < -0.39 is 0 Å². The Balaban J connectivity index is 1.37. The molecule has 1 aromatic heterocycles. The zero-order chi connectivity index (χ0) is 20.5. The van der Waals surface area contributed by atoms with Crippen LogP contribution in [-0.4, -0.2) is 56.1 Å². The van der Waals surface area contributed by atoms with Crippen molar-refractivity contribution in [2.24, 2.45) is 0 Å². The predicted octanol–water partition coefficient (Wildman–Crippen LogP) is 3.70. The van der Waals surface area contributed by atoms with Crippen LogP contribution in [-0.2, 0) is 11.2 Å². The quantitative estimate of drug-likeness (QED) is 0.655. The van der Waals surface area contributed by atoms with Gasteiger partial charge in [0.05, 0.1) is 11.1 Å². The van der Waals surface area contributed by atoms with Crippen LogP contribution in [0.25, 0.3) is 10.2 Å². The number of aromatic nitrogens is 1. The Kier molecular flexibility index (Phi) is 5.41. The molecule has 0 aliphatic carbocycles. The lowest BCUT2D eigenvalue weighted by molar-refractivity contribution is -0.130. The molecule has 1 saturated heterocycles. The maximum Gasteiger partial charge on any atom is 0.227 e. The van der Waals surface area contributed by atoms with Crippen molar-refractivity contribution in [3.05, 3.63) is 53.3 Å². The highest BCUT2D eigenvalue weighted by molar-refractivity contribution is 7.22. The lowest BCUT2D eigenvalue weighted by Gasteiger charge is -2.34. The second-order valence-corrected chi connectivity index (χ2v) is 8.70. The number of aryl methyl sites for hydroxylation is 1. The van der Waals surface area contributed by atoms with E-state index in [2.05, 4.69) is 9.88 Å². The van der Waals surface area contributed by atoms with Crippen molar-refractivity contribution in [1.82, 2.24) is 9.88 Å². The molecule has 0 saturated carbocycles. The molecule has 0 atom stereocenters. The number of fused-ring (bicyclic) bond motifs is 1. The maximum atomic E-state index is 14.1. The number of rotatable bonds is 4. The van der Waals surface area contributed by atoms with Crippen LogP contribution in [0.2, 0.25) is 0 Å². The summed E-state index contributed by atoms with van der Waals surface area (Å²) in [7, 11) is 4.00. The summed E-state index contributed by atoms with van der Waals surface area (Å²) >= 11 is 1.52. The smallest absolute Gasteiger partial charge is 0.227 e. The van der Waals surface area contributed by atoms with Gasteiger partial charge in [-0.3, -0.25) is 4.79 Å². The SMILES string of the molecule is Cc1cc(F)c2nc(N3CCN(C(=O)Cc4ccc(N(C)C)cc4)CC3)sc2c1. The minimum Gasteiger partial charge on any atom is -0.378 e. The number of anilines is 2. The molecule has 1 aliphatic rings. The highest BCUT2D eigenvalue weighted by Gasteiger charge is 2.23. The molecule has 29 heavy (non-hydrogen) atoms. The summed E-state index contributed by atoms with van der Waals surface area (Å²) in [6, 6.07) is 11.6. The van der Waals surface area contributed by atoms with Gasteiger partial charge in [-0.25, -0.2) is 9.37 Å². The summed E-state index contributed by atoms with van der Waals surface area (Å²) in [5, 5.41) is 0.830. The van der Waals surface area contributed by atoms with E-state index in [9.17, 15) is 9.18 Å². The number of carbonyl (C=O) groups is 1. The third-order valence-corrected chi connectivity index (χ3v) is 6.36. The summed E-state index contributed by atoms with van der Waals surface area (Å²) < 4.78 is 15.0. The van der Waals surface area contributed by atoms with Crippen LogP contribution in [0.3, 0.4) is 0 Å². The van der Waals surface area contributed by atoms with Gasteiger partial charge in [0, 0.05) is 46.0 Å². The van der Waals surface area contributed by atoms with E-state index in [1.165, 1.54) is 17.4 Å². The van der Waals surface area contributed by atoms with Gasteiger partial charge >= 0.3 is 0 Å². The molecule has 152 valence electrons. The highest BCUT2D eigenvalue weighted by Crippen LogP contribution is 2.31. The Morgan fingerprint density at radius 2 is 1.83 bits per heavy atom. The van der Waals surface area contributed by atoms with Crippen LogP contribution in [0.4, 0.5) is 15.2 Å². The largest absolute Gasteiger partial charge is 0.378 e. The van der Waals surface area contributed by atoms with Crippen molar-refractivity contribution in [1.29, 1.82) is 0 Å². The molecule has 1 amide bonds. The molecular weight excluding hydrogens is 387 g/mol. The number of hydrogen-bond acceptors (Lipinski definition) is 5. The average molecular weight is 413 g/mol. The van der Waals surface area contributed by atoms with E-state index >= 15 is 0 Å². The number of amides is 1. The van der Waals surface area contributed by atoms with Crippen molar-refractivity contribution < 1.29 is 9.18 Å². The van der Waals surface area contributed by atoms with Gasteiger partial charge in [0.1, 0.15) is 5.52 Å². The van der Waals surface area contributed by atoms with Gasteiger partial charge < -0.3 is 14.7 Å². The van der Waals surface area contributed by atoms with Gasteiger partial charge in [0.2, 0.25) is 5.91 Å². The van der Waals surface area contributed by atoms with Gasteiger partial charge in [0.25, 0.3) is 0 Å². The molecule has 3 aromatic rings. The monoisotopic (exact) mass is 412 g/mol. The van der Waals surface area contributed by atoms with Crippen molar-refractivity contribution in [3.63, 3.8) is 0 Å². The number of halogens is 1. The number of hydrogen-bond donors (Lipinski definition) is 0. The first-order chi connectivity index (χ1) is 13.9. The molecule has 1 fully saturated rings. The van der Waals surface area contributed by atoms with E-state index in [1.54, 1.807) is 0 Å². The van der Waals surface area contributed by atoms with Crippen LogP contribution >= 0.6 is 11.3 Å². The predicted molar refractivity (Wildman–Crippen MR) is 118 cm³/mol. The van der Waals surface area contributed by atoms with E-state index in [0.29, 0.717) is 38.1 Å². The molecule has 2 heterocycles. The van der Waals surface area contributed by atoms with E-state index in [-0.39, 0.29) is 11.7 Å². The summed E-state index contributed by atoms with van der Waals surface area (Å²) in [5.41, 5.74) is 3.49. The number of benzene rings is 2. The highest BCUT2D eigenvalue weighted by atomic mass is 32.1. The lowest BCUT2D eigenvalue weighted by atomic mass is 10.1. The first-order valence-electron chi connectivity index (χ1n) is 9.76. The van der Waals surface area contributed by atoms with Gasteiger partial charge in [-0.15, -0.1) is 0 Å². The Morgan fingerprint density at radius 3 is 2.48 bits per heavy atom. The standard InChI is InChI=1S/C22H25FN4OS/c1-15-12-18(23)21-19(13-15)29-22(24-21)27-10-8-26(9-11-27)20(28)14-16-4-6-17(7-5-16)25(2)3/h4-7,12-13H,8-11,14H2,1-3H3. The van der Waals surface area contributed by atoms with Crippen LogP contribution in [0, 0.1) is 12.7 Å². The van der Waals surface area contributed by atoms with Crippen molar-refractivity contribution >= 4 is 38.3 Å². The fourth-order valence-corrected chi connectivity index (χ4v) is 4.72. The topological polar surface area (TPSA) is 39.7 Å². The molecule has 0 spiro atoms. The summed E-state index contributed by atoms with van der Waals surface area (Å²) in [6.07, 6.45) is 0.416. The van der Waals surface area contributed by atoms with Gasteiger partial charge in [-0.1, -0.05) is 23.5 Å². The Hall–Kier alpha value is -2.67. The molecule has 7 heteroatoms.